The molecule has 0 aliphatic heterocycles. The van der Waals surface area contributed by atoms with Crippen molar-refractivity contribution in [1.82, 2.24) is 10.0 Å². The van der Waals surface area contributed by atoms with E-state index in [0.29, 0.717) is 18.0 Å². The zero-order chi connectivity index (χ0) is 14.4. The molecule has 5 nitrogen and oxygen atoms in total. The number of hydrogen-bond donors (Lipinski definition) is 1. The number of benzene rings is 1. The normalized spacial score (nSPS) is 11.8. The number of para-hydroxylation sites is 1. The number of allylic oxidation sites excluding steroid dienone is 1. The Morgan fingerprint density at radius 3 is 3.10 bits per heavy atom. The number of fused-ring (bicyclic) bond motifs is 1. The third-order valence-electron chi connectivity index (χ3n) is 2.56. The lowest BCUT2D eigenvalue weighted by Gasteiger charge is -2.01. The Balaban J connectivity index is 2.34. The number of nitrogens with zero attached hydrogens (tertiary/aromatic N) is 2. The first-order valence-electron chi connectivity index (χ1n) is 6.42. The molecule has 20 heavy (non-hydrogen) atoms. The molecule has 1 N–H and O–H groups in total. The van der Waals surface area contributed by atoms with Gasteiger partial charge in [-0.2, -0.15) is 4.99 Å². The van der Waals surface area contributed by atoms with E-state index < -0.39 is 6.03 Å². The average molecular weight is 291 g/mol. The van der Waals surface area contributed by atoms with Crippen molar-refractivity contribution in [3.05, 3.63) is 41.7 Å². The van der Waals surface area contributed by atoms with Crippen molar-refractivity contribution in [2.45, 2.75) is 19.9 Å². The molecule has 6 heteroatoms. The summed E-state index contributed by atoms with van der Waals surface area (Å²) in [5.74, 6) is 0. The van der Waals surface area contributed by atoms with E-state index in [4.69, 9.17) is 4.84 Å². The molecule has 2 aromatic rings. The van der Waals surface area contributed by atoms with Gasteiger partial charge in [-0.1, -0.05) is 36.5 Å². The van der Waals surface area contributed by atoms with Crippen LogP contribution in [0.2, 0.25) is 0 Å². The lowest BCUT2D eigenvalue weighted by molar-refractivity contribution is 0.0648. The highest BCUT2D eigenvalue weighted by Gasteiger charge is 2.06. The van der Waals surface area contributed by atoms with Gasteiger partial charge in [0, 0.05) is 6.54 Å². The first kappa shape index (κ1) is 14.5. The van der Waals surface area contributed by atoms with E-state index >= 15 is 0 Å². The van der Waals surface area contributed by atoms with Gasteiger partial charge >= 0.3 is 6.03 Å². The van der Waals surface area contributed by atoms with E-state index in [1.54, 1.807) is 6.08 Å². The summed E-state index contributed by atoms with van der Waals surface area (Å²) in [6.45, 7) is 6.78. The Kier molecular flexibility index (Phi) is 5.09. The van der Waals surface area contributed by atoms with Crippen molar-refractivity contribution >= 4 is 27.6 Å². The summed E-state index contributed by atoms with van der Waals surface area (Å²) in [6.07, 6.45) is 2.61. The van der Waals surface area contributed by atoms with Gasteiger partial charge in [-0.15, -0.1) is 6.58 Å². The Bertz CT molecular complexity index is 672. The Labute approximate surface area is 121 Å². The van der Waals surface area contributed by atoms with E-state index in [9.17, 15) is 4.79 Å². The summed E-state index contributed by atoms with van der Waals surface area (Å²) in [4.78, 5) is 21.3. The van der Waals surface area contributed by atoms with Crippen molar-refractivity contribution in [3.63, 3.8) is 0 Å². The second-order valence-corrected chi connectivity index (χ2v) is 5.13. The van der Waals surface area contributed by atoms with Crippen molar-refractivity contribution in [1.29, 1.82) is 0 Å². The SMILES string of the molecule is C=CCn1c(=NC(=O)NOCCC)sc2ccccc21. The van der Waals surface area contributed by atoms with Crippen LogP contribution in [0, 0.1) is 0 Å². The van der Waals surface area contributed by atoms with Gasteiger partial charge in [0.2, 0.25) is 0 Å². The first-order valence-corrected chi connectivity index (χ1v) is 7.23. The first-order chi connectivity index (χ1) is 9.76. The van der Waals surface area contributed by atoms with Crippen LogP contribution in [0.4, 0.5) is 4.79 Å². The second kappa shape index (κ2) is 7.02. The second-order valence-electron chi connectivity index (χ2n) is 4.12. The largest absolute Gasteiger partial charge is 0.367 e. The third kappa shape index (κ3) is 3.34. The minimum absolute atomic E-state index is 0.473. The molecule has 0 aliphatic rings. The number of carbonyl (C=O) groups is 1. The lowest BCUT2D eigenvalue weighted by Crippen LogP contribution is -2.25. The average Bonchev–Trinajstić information content (AvgIpc) is 2.78. The van der Waals surface area contributed by atoms with Crippen molar-refractivity contribution in [2.75, 3.05) is 6.61 Å². The van der Waals surface area contributed by atoms with Gasteiger partial charge in [-0.3, -0.25) is 4.84 Å². The van der Waals surface area contributed by atoms with Gasteiger partial charge in [0.05, 0.1) is 16.8 Å². The predicted molar refractivity (Wildman–Crippen MR) is 80.3 cm³/mol. The summed E-state index contributed by atoms with van der Waals surface area (Å²) in [7, 11) is 0. The smallest absolute Gasteiger partial charge is 0.312 e. The summed E-state index contributed by atoms with van der Waals surface area (Å²) in [5.41, 5.74) is 3.35. The molecular weight excluding hydrogens is 274 g/mol. The number of rotatable bonds is 5. The lowest BCUT2D eigenvalue weighted by atomic mass is 10.3. The Hall–Kier alpha value is -1.92. The van der Waals surface area contributed by atoms with Crippen LogP contribution in [0.1, 0.15) is 13.3 Å². The topological polar surface area (TPSA) is 55.6 Å². The maximum atomic E-state index is 11.7. The maximum Gasteiger partial charge on any atom is 0.367 e. The molecule has 106 valence electrons. The van der Waals surface area contributed by atoms with Crippen LogP contribution in [0.5, 0.6) is 0 Å². The minimum Gasteiger partial charge on any atom is -0.312 e. The fourth-order valence-corrected chi connectivity index (χ4v) is 2.77. The van der Waals surface area contributed by atoms with Gasteiger partial charge in [0.15, 0.2) is 4.80 Å². The van der Waals surface area contributed by atoms with Crippen molar-refractivity contribution < 1.29 is 9.63 Å². The van der Waals surface area contributed by atoms with Crippen molar-refractivity contribution in [3.8, 4) is 0 Å². The Morgan fingerprint density at radius 2 is 2.35 bits per heavy atom. The minimum atomic E-state index is -0.497. The van der Waals surface area contributed by atoms with Gasteiger partial charge in [0.1, 0.15) is 0 Å². The molecule has 0 radical (unpaired) electrons. The van der Waals surface area contributed by atoms with Gasteiger partial charge < -0.3 is 4.57 Å². The number of urea groups is 1. The summed E-state index contributed by atoms with van der Waals surface area (Å²) >= 11 is 1.46. The Morgan fingerprint density at radius 1 is 1.55 bits per heavy atom. The fraction of sp³-hybridized carbons (Fsp3) is 0.286. The summed E-state index contributed by atoms with van der Waals surface area (Å²) in [5, 5.41) is 0. The molecule has 2 rings (SSSR count). The number of hydroxylamine groups is 1. The van der Waals surface area contributed by atoms with E-state index in [0.717, 1.165) is 16.6 Å². The molecular formula is C14H17N3O2S. The van der Waals surface area contributed by atoms with Crippen LogP contribution in [-0.2, 0) is 11.4 Å². The molecule has 0 aliphatic carbocycles. The van der Waals surface area contributed by atoms with Gasteiger partial charge in [-0.25, -0.2) is 10.3 Å². The van der Waals surface area contributed by atoms with E-state index in [1.165, 1.54) is 11.3 Å². The van der Waals surface area contributed by atoms with E-state index in [1.807, 2.05) is 35.8 Å². The van der Waals surface area contributed by atoms with Crippen LogP contribution < -0.4 is 10.3 Å². The molecule has 0 fully saturated rings. The zero-order valence-corrected chi connectivity index (χ0v) is 12.2. The molecule has 0 saturated heterocycles. The molecule has 1 aromatic heterocycles. The molecule has 1 aromatic carbocycles. The maximum absolute atomic E-state index is 11.7. The van der Waals surface area contributed by atoms with E-state index in [2.05, 4.69) is 17.1 Å². The number of hydrogen-bond acceptors (Lipinski definition) is 3. The number of nitrogens with one attached hydrogen (secondary N) is 1. The quantitative estimate of drug-likeness (QED) is 0.523. The molecule has 2 amide bonds. The monoisotopic (exact) mass is 291 g/mol. The zero-order valence-electron chi connectivity index (χ0n) is 11.3. The van der Waals surface area contributed by atoms with Crippen LogP contribution in [-0.4, -0.2) is 17.2 Å². The standard InChI is InChI=1S/C14H17N3O2S/c1-3-9-17-11-7-5-6-8-12(11)20-14(17)15-13(18)16-19-10-4-2/h3,5-8H,1,4,9-10H2,2H3,(H,16,18). The third-order valence-corrected chi connectivity index (χ3v) is 3.62. The highest BCUT2D eigenvalue weighted by molar-refractivity contribution is 7.16. The molecule has 0 bridgehead atoms. The summed E-state index contributed by atoms with van der Waals surface area (Å²) < 4.78 is 3.03. The van der Waals surface area contributed by atoms with Crippen LogP contribution >= 0.6 is 11.3 Å². The molecule has 0 unspecified atom stereocenters. The number of aromatic nitrogens is 1. The number of thiazole rings is 1. The predicted octanol–water partition coefficient (Wildman–Crippen LogP) is 2.84. The highest BCUT2D eigenvalue weighted by atomic mass is 32.1. The van der Waals surface area contributed by atoms with Crippen LogP contribution in [0.25, 0.3) is 10.2 Å². The summed E-state index contributed by atoms with van der Waals surface area (Å²) in [6, 6.07) is 7.43. The molecule has 0 saturated carbocycles. The van der Waals surface area contributed by atoms with Gasteiger partial charge in [-0.05, 0) is 18.6 Å². The van der Waals surface area contributed by atoms with Gasteiger partial charge in [0.25, 0.3) is 0 Å². The highest BCUT2D eigenvalue weighted by Crippen LogP contribution is 2.16. The molecule has 0 atom stereocenters. The van der Waals surface area contributed by atoms with E-state index in [-0.39, 0.29) is 0 Å². The van der Waals surface area contributed by atoms with Crippen LogP contribution in [0.15, 0.2) is 41.9 Å². The van der Waals surface area contributed by atoms with Crippen molar-refractivity contribution in [2.24, 2.45) is 4.99 Å². The fourth-order valence-electron chi connectivity index (χ4n) is 1.74. The number of carbonyl (C=O) groups excluding carboxylic acids is 1. The van der Waals surface area contributed by atoms with Crippen LogP contribution in [0.3, 0.4) is 0 Å². The molecule has 0 spiro atoms. The molecule has 1 heterocycles. The number of amides is 2.